The summed E-state index contributed by atoms with van der Waals surface area (Å²) in [5, 5.41) is 0. The van der Waals surface area contributed by atoms with Crippen molar-refractivity contribution in [3.63, 3.8) is 0 Å². The lowest BCUT2D eigenvalue weighted by atomic mass is 9.96. The van der Waals surface area contributed by atoms with Gasteiger partial charge >= 0.3 is 0 Å². The van der Waals surface area contributed by atoms with Gasteiger partial charge < -0.3 is 0 Å². The maximum Gasteiger partial charge on any atom is -0.0327 e. The third kappa shape index (κ3) is 24.5. The molecule has 0 radical (unpaired) electrons. The van der Waals surface area contributed by atoms with Crippen LogP contribution in [0.1, 0.15) is 61.3 Å². The van der Waals surface area contributed by atoms with Crippen LogP contribution < -0.4 is 0 Å². The summed E-state index contributed by atoms with van der Waals surface area (Å²) >= 11 is 0. The molecule has 0 bridgehead atoms. The second-order valence-corrected chi connectivity index (χ2v) is 3.26. The lowest BCUT2D eigenvalue weighted by molar-refractivity contribution is 0.443. The van der Waals surface area contributed by atoms with Gasteiger partial charge in [0.15, 0.2) is 0 Å². The summed E-state index contributed by atoms with van der Waals surface area (Å²) in [6.45, 7) is 18.5. The fourth-order valence-electron chi connectivity index (χ4n) is 1.19. The highest BCUT2D eigenvalue weighted by Crippen LogP contribution is 2.13. The van der Waals surface area contributed by atoms with Crippen LogP contribution in [0.5, 0.6) is 0 Å². The number of hydrogen-bond donors (Lipinski definition) is 0. The highest BCUT2D eigenvalue weighted by atomic mass is 14.1. The molecule has 0 saturated heterocycles. The summed E-state index contributed by atoms with van der Waals surface area (Å²) < 4.78 is 0. The Labute approximate surface area is 86.4 Å². The molecule has 1 unspecified atom stereocenters. The molecule has 1 atom stereocenters. The van der Waals surface area contributed by atoms with E-state index in [1.807, 2.05) is 33.8 Å². The van der Waals surface area contributed by atoms with Gasteiger partial charge in [-0.3, -0.25) is 0 Å². The normalized spacial score (nSPS) is 10.5. The highest BCUT2D eigenvalue weighted by molar-refractivity contribution is 4.70. The molecule has 0 aromatic carbocycles. The van der Waals surface area contributed by atoms with Crippen molar-refractivity contribution in [2.24, 2.45) is 11.8 Å². The van der Waals surface area contributed by atoms with Crippen LogP contribution in [-0.2, 0) is 0 Å². The predicted molar refractivity (Wildman–Crippen MR) is 66.1 cm³/mol. The van der Waals surface area contributed by atoms with Gasteiger partial charge in [0.25, 0.3) is 0 Å². The summed E-state index contributed by atoms with van der Waals surface area (Å²) in [7, 11) is 0. The van der Waals surface area contributed by atoms with Crippen molar-refractivity contribution < 1.29 is 0 Å². The first-order chi connectivity index (χ1) is 6.16. The van der Waals surface area contributed by atoms with Gasteiger partial charge in [0.1, 0.15) is 0 Å². The topological polar surface area (TPSA) is 0 Å². The van der Waals surface area contributed by atoms with Gasteiger partial charge in [-0.05, 0) is 24.7 Å². The molecular formula is C13H30. The third-order valence-electron chi connectivity index (χ3n) is 1.44. The lowest BCUT2D eigenvalue weighted by Gasteiger charge is -2.10. The van der Waals surface area contributed by atoms with Gasteiger partial charge in [-0.2, -0.15) is 0 Å². The minimum atomic E-state index is 0.822. The van der Waals surface area contributed by atoms with Crippen molar-refractivity contribution in [3.8, 4) is 0 Å². The summed E-state index contributed by atoms with van der Waals surface area (Å²) in [5.41, 5.74) is 0. The van der Waals surface area contributed by atoms with E-state index in [1.165, 1.54) is 6.42 Å². The zero-order valence-electron chi connectivity index (χ0n) is 10.9. The molecule has 0 aromatic rings. The van der Waals surface area contributed by atoms with Crippen LogP contribution in [0.4, 0.5) is 0 Å². The third-order valence-corrected chi connectivity index (χ3v) is 1.44. The molecule has 0 aromatic heterocycles. The van der Waals surface area contributed by atoms with Gasteiger partial charge in [-0.1, -0.05) is 54.5 Å². The minimum Gasteiger partial charge on any atom is -0.103 e. The summed E-state index contributed by atoms with van der Waals surface area (Å²) in [6, 6.07) is 0. The summed E-state index contributed by atoms with van der Waals surface area (Å²) in [4.78, 5) is 0. The van der Waals surface area contributed by atoms with Gasteiger partial charge in [0, 0.05) is 0 Å². The Bertz CT molecular complexity index is 72.1. The van der Waals surface area contributed by atoms with Crippen molar-refractivity contribution in [1.82, 2.24) is 0 Å². The fourth-order valence-corrected chi connectivity index (χ4v) is 1.19. The van der Waals surface area contributed by atoms with E-state index in [0.717, 1.165) is 18.3 Å². The van der Waals surface area contributed by atoms with Crippen LogP contribution in [0.2, 0.25) is 0 Å². The Morgan fingerprint density at radius 3 is 1.62 bits per heavy atom. The SMILES string of the molecule is C=CCC(C)CC(C)C.CC.CC. The van der Waals surface area contributed by atoms with Crippen molar-refractivity contribution >= 4 is 0 Å². The molecule has 0 heterocycles. The minimum absolute atomic E-state index is 0.822. The Hall–Kier alpha value is -0.260. The van der Waals surface area contributed by atoms with E-state index < -0.39 is 0 Å². The first-order valence-corrected chi connectivity index (χ1v) is 5.77. The van der Waals surface area contributed by atoms with E-state index in [4.69, 9.17) is 0 Å². The summed E-state index contributed by atoms with van der Waals surface area (Å²) in [6.07, 6.45) is 4.50. The van der Waals surface area contributed by atoms with E-state index in [1.54, 1.807) is 0 Å². The smallest absolute Gasteiger partial charge is 0.0327 e. The summed E-state index contributed by atoms with van der Waals surface area (Å²) in [5.74, 6) is 1.66. The standard InChI is InChI=1S/C9H18.2C2H6/c1-5-6-9(4)7-8(2)3;2*1-2/h5,8-9H,1,6-7H2,2-4H3;2*1-2H3. The molecule has 0 saturated carbocycles. The van der Waals surface area contributed by atoms with Crippen LogP contribution in [0.15, 0.2) is 12.7 Å². The van der Waals surface area contributed by atoms with Crippen molar-refractivity contribution in [2.45, 2.75) is 61.3 Å². The van der Waals surface area contributed by atoms with Crippen LogP contribution in [0.25, 0.3) is 0 Å². The molecule has 0 aliphatic carbocycles. The first kappa shape index (κ1) is 18.5. The van der Waals surface area contributed by atoms with Crippen LogP contribution in [-0.4, -0.2) is 0 Å². The van der Waals surface area contributed by atoms with Crippen molar-refractivity contribution in [2.75, 3.05) is 0 Å². The van der Waals surface area contributed by atoms with Gasteiger partial charge in [0.05, 0.1) is 0 Å². The lowest BCUT2D eigenvalue weighted by Crippen LogP contribution is -1.97. The van der Waals surface area contributed by atoms with Crippen molar-refractivity contribution in [3.05, 3.63) is 12.7 Å². The Kier molecular flexibility index (Phi) is 25.2. The maximum absolute atomic E-state index is 3.71. The van der Waals surface area contributed by atoms with Crippen LogP contribution in [0.3, 0.4) is 0 Å². The quantitative estimate of drug-likeness (QED) is 0.523. The maximum atomic E-state index is 3.71. The molecule has 0 fully saturated rings. The molecule has 82 valence electrons. The Morgan fingerprint density at radius 2 is 1.38 bits per heavy atom. The molecule has 13 heavy (non-hydrogen) atoms. The Balaban J connectivity index is -0.000000218. The molecule has 0 amide bonds. The molecule has 0 aliphatic rings. The number of rotatable bonds is 4. The molecular weight excluding hydrogens is 156 g/mol. The second-order valence-electron chi connectivity index (χ2n) is 3.26. The monoisotopic (exact) mass is 186 g/mol. The zero-order valence-corrected chi connectivity index (χ0v) is 10.9. The second kappa shape index (κ2) is 17.7. The average Bonchev–Trinajstić information content (AvgIpc) is 2.10. The highest BCUT2D eigenvalue weighted by Gasteiger charge is 2.01. The molecule has 0 spiro atoms. The van der Waals surface area contributed by atoms with Gasteiger partial charge in [-0.25, -0.2) is 0 Å². The molecule has 0 rings (SSSR count). The van der Waals surface area contributed by atoms with Crippen LogP contribution in [0, 0.1) is 11.8 Å². The van der Waals surface area contributed by atoms with Crippen molar-refractivity contribution in [1.29, 1.82) is 0 Å². The van der Waals surface area contributed by atoms with Crippen LogP contribution >= 0.6 is 0 Å². The van der Waals surface area contributed by atoms with Gasteiger partial charge in [0.2, 0.25) is 0 Å². The predicted octanol–water partition coefficient (Wildman–Crippen LogP) is 5.30. The number of allylic oxidation sites excluding steroid dienone is 1. The largest absolute Gasteiger partial charge is 0.103 e. The molecule has 0 nitrogen and oxygen atoms in total. The Morgan fingerprint density at radius 1 is 1.00 bits per heavy atom. The fraction of sp³-hybridized carbons (Fsp3) is 0.846. The first-order valence-electron chi connectivity index (χ1n) is 5.77. The average molecular weight is 186 g/mol. The molecule has 0 N–H and O–H groups in total. The van der Waals surface area contributed by atoms with E-state index in [-0.39, 0.29) is 0 Å². The molecule has 0 heteroatoms. The van der Waals surface area contributed by atoms with E-state index in [2.05, 4.69) is 27.4 Å². The van der Waals surface area contributed by atoms with E-state index >= 15 is 0 Å². The van der Waals surface area contributed by atoms with E-state index in [0.29, 0.717) is 0 Å². The van der Waals surface area contributed by atoms with Gasteiger partial charge in [-0.15, -0.1) is 6.58 Å². The molecule has 0 aliphatic heterocycles. The van der Waals surface area contributed by atoms with E-state index in [9.17, 15) is 0 Å². The number of hydrogen-bond acceptors (Lipinski definition) is 0. The zero-order chi connectivity index (χ0) is 11.3.